The molecule has 6 aromatic rings. The van der Waals surface area contributed by atoms with Crippen LogP contribution in [0.5, 0.6) is 12.0 Å². The van der Waals surface area contributed by atoms with Gasteiger partial charge in [-0.15, -0.1) is 0 Å². The maximum atomic E-state index is 14.3. The highest BCUT2D eigenvalue weighted by molar-refractivity contribution is 5.96. The third kappa shape index (κ3) is 4.45. The molecule has 40 heavy (non-hydrogen) atoms. The third-order valence-electron chi connectivity index (χ3n) is 6.63. The second-order valence-corrected chi connectivity index (χ2v) is 9.07. The molecular formula is C30H25N7O3. The third-order valence-corrected chi connectivity index (χ3v) is 6.63. The van der Waals surface area contributed by atoms with Gasteiger partial charge in [0.25, 0.3) is 5.56 Å². The van der Waals surface area contributed by atoms with Gasteiger partial charge in [0.15, 0.2) is 5.82 Å². The fourth-order valence-electron chi connectivity index (χ4n) is 4.76. The molecule has 0 aliphatic heterocycles. The van der Waals surface area contributed by atoms with Gasteiger partial charge in [-0.3, -0.25) is 14.3 Å². The number of anilines is 1. The average Bonchev–Trinajstić information content (AvgIpc) is 3.01. The summed E-state index contributed by atoms with van der Waals surface area (Å²) in [5.74, 6) is 0.506. The van der Waals surface area contributed by atoms with E-state index in [2.05, 4.69) is 30.2 Å². The van der Waals surface area contributed by atoms with Crippen LogP contribution in [0.25, 0.3) is 38.6 Å². The van der Waals surface area contributed by atoms with Crippen LogP contribution in [0.4, 0.5) is 5.82 Å². The molecule has 6 rings (SSSR count). The molecule has 4 heterocycles. The number of methoxy groups -OCH3 is 2. The van der Waals surface area contributed by atoms with Crippen molar-refractivity contribution >= 4 is 27.6 Å². The van der Waals surface area contributed by atoms with Crippen LogP contribution < -0.4 is 20.3 Å². The standard InChI is InChI=1S/C30H25N7O3/c1-18(34-27-26-23(13-8-14-31-26)35-30(36-27)40-3)24-15-19-9-7-12-22(20-16-32-29(39-2)33-17-20)25(19)28(38)37(24)21-10-5-4-6-11-21/h4-18H,1-3H3,(H,34,35,36)/t18-/m0/s1. The molecule has 0 saturated carbocycles. The lowest BCUT2D eigenvalue weighted by Crippen LogP contribution is -2.26. The normalized spacial score (nSPS) is 11.9. The number of hydrogen-bond donors (Lipinski definition) is 1. The van der Waals surface area contributed by atoms with Gasteiger partial charge in [-0.1, -0.05) is 36.4 Å². The highest BCUT2D eigenvalue weighted by atomic mass is 16.5. The Labute approximate surface area is 229 Å². The summed E-state index contributed by atoms with van der Waals surface area (Å²) in [6.45, 7) is 1.98. The van der Waals surface area contributed by atoms with Crippen molar-refractivity contribution < 1.29 is 9.47 Å². The summed E-state index contributed by atoms with van der Waals surface area (Å²) >= 11 is 0. The zero-order valence-corrected chi connectivity index (χ0v) is 22.1. The second kappa shape index (κ2) is 10.4. The summed E-state index contributed by atoms with van der Waals surface area (Å²) in [7, 11) is 3.03. The fourth-order valence-corrected chi connectivity index (χ4v) is 4.76. The molecule has 0 spiro atoms. The number of rotatable bonds is 7. The van der Waals surface area contributed by atoms with E-state index < -0.39 is 0 Å². The first-order valence-corrected chi connectivity index (χ1v) is 12.6. The van der Waals surface area contributed by atoms with Gasteiger partial charge in [-0.2, -0.15) is 9.97 Å². The molecule has 0 unspecified atom stereocenters. The first-order chi connectivity index (χ1) is 19.6. The van der Waals surface area contributed by atoms with Gasteiger partial charge in [0.1, 0.15) is 5.52 Å². The molecular weight excluding hydrogens is 506 g/mol. The van der Waals surface area contributed by atoms with Crippen molar-refractivity contribution in [3.63, 3.8) is 0 Å². The maximum absolute atomic E-state index is 14.3. The lowest BCUT2D eigenvalue weighted by molar-refractivity contribution is 0.380. The molecule has 0 amide bonds. The Morgan fingerprint density at radius 2 is 1.62 bits per heavy atom. The van der Waals surface area contributed by atoms with E-state index in [1.54, 1.807) is 23.2 Å². The quantitative estimate of drug-likeness (QED) is 0.304. The summed E-state index contributed by atoms with van der Waals surface area (Å²) in [6, 6.07) is 21.1. The number of nitrogens with one attached hydrogen (secondary N) is 1. The Balaban J connectivity index is 1.55. The van der Waals surface area contributed by atoms with Crippen LogP contribution >= 0.6 is 0 Å². The van der Waals surface area contributed by atoms with Crippen LogP contribution in [-0.4, -0.2) is 43.7 Å². The van der Waals surface area contributed by atoms with Crippen molar-refractivity contribution in [1.82, 2.24) is 29.5 Å². The molecule has 0 radical (unpaired) electrons. The minimum absolute atomic E-state index is 0.165. The molecule has 4 aromatic heterocycles. The molecule has 1 N–H and O–H groups in total. The Morgan fingerprint density at radius 3 is 2.38 bits per heavy atom. The fraction of sp³-hybridized carbons (Fsp3) is 0.133. The summed E-state index contributed by atoms with van der Waals surface area (Å²) in [4.78, 5) is 36.2. The summed E-state index contributed by atoms with van der Waals surface area (Å²) in [5, 5.41) is 4.80. The van der Waals surface area contributed by atoms with Gasteiger partial charge < -0.3 is 14.8 Å². The Kier molecular flexibility index (Phi) is 6.49. The average molecular weight is 532 g/mol. The second-order valence-electron chi connectivity index (χ2n) is 9.07. The van der Waals surface area contributed by atoms with Crippen LogP contribution in [0.2, 0.25) is 0 Å². The van der Waals surface area contributed by atoms with Crippen LogP contribution in [-0.2, 0) is 0 Å². The van der Waals surface area contributed by atoms with Gasteiger partial charge in [0.2, 0.25) is 0 Å². The zero-order chi connectivity index (χ0) is 27.6. The summed E-state index contributed by atoms with van der Waals surface area (Å²) < 4.78 is 12.2. The van der Waals surface area contributed by atoms with Gasteiger partial charge >= 0.3 is 12.0 Å². The van der Waals surface area contributed by atoms with Gasteiger partial charge in [-0.25, -0.2) is 9.97 Å². The van der Waals surface area contributed by atoms with Crippen LogP contribution in [0.1, 0.15) is 18.7 Å². The monoisotopic (exact) mass is 531 g/mol. The minimum atomic E-state index is -0.352. The number of hydrogen-bond acceptors (Lipinski definition) is 9. The number of ether oxygens (including phenoxy) is 2. The molecule has 1 atom stereocenters. The number of aromatic nitrogens is 6. The van der Waals surface area contributed by atoms with E-state index in [1.807, 2.05) is 73.7 Å². The Hall–Kier alpha value is -5.38. The van der Waals surface area contributed by atoms with E-state index in [0.717, 1.165) is 22.3 Å². The van der Waals surface area contributed by atoms with Crippen LogP contribution in [0.15, 0.2) is 90.1 Å². The predicted octanol–water partition coefficient (Wildman–Crippen LogP) is 4.98. The van der Waals surface area contributed by atoms with Crippen LogP contribution in [0.3, 0.4) is 0 Å². The Bertz CT molecular complexity index is 1890. The van der Waals surface area contributed by atoms with Crippen molar-refractivity contribution in [1.29, 1.82) is 0 Å². The van der Waals surface area contributed by atoms with E-state index in [0.29, 0.717) is 27.8 Å². The lowest BCUT2D eigenvalue weighted by Gasteiger charge is -2.22. The van der Waals surface area contributed by atoms with E-state index in [4.69, 9.17) is 9.47 Å². The van der Waals surface area contributed by atoms with E-state index in [1.165, 1.54) is 14.2 Å². The van der Waals surface area contributed by atoms with E-state index >= 15 is 0 Å². The molecule has 0 saturated heterocycles. The van der Waals surface area contributed by atoms with E-state index in [-0.39, 0.29) is 23.6 Å². The number of benzene rings is 2. The lowest BCUT2D eigenvalue weighted by atomic mass is 9.99. The molecule has 0 aliphatic rings. The number of nitrogens with zero attached hydrogens (tertiary/aromatic N) is 6. The van der Waals surface area contributed by atoms with Crippen LogP contribution in [0, 0.1) is 0 Å². The summed E-state index contributed by atoms with van der Waals surface area (Å²) in [5.41, 5.74) is 4.02. The molecule has 0 aliphatic carbocycles. The topological polar surface area (TPSA) is 117 Å². The molecule has 0 bridgehead atoms. The molecule has 2 aromatic carbocycles. The SMILES string of the molecule is COc1ncc(-c2cccc3cc([C@H](C)Nc4nc(OC)nc5cccnc45)n(-c4ccccc4)c(=O)c23)cn1. The van der Waals surface area contributed by atoms with Crippen molar-refractivity contribution in [2.75, 3.05) is 19.5 Å². The molecule has 10 heteroatoms. The minimum Gasteiger partial charge on any atom is -0.467 e. The smallest absolute Gasteiger partial charge is 0.318 e. The molecule has 10 nitrogen and oxygen atoms in total. The van der Waals surface area contributed by atoms with Crippen molar-refractivity contribution in [3.8, 4) is 28.8 Å². The highest BCUT2D eigenvalue weighted by Crippen LogP contribution is 2.31. The van der Waals surface area contributed by atoms with Gasteiger partial charge in [0.05, 0.1) is 31.2 Å². The van der Waals surface area contributed by atoms with Crippen molar-refractivity contribution in [2.24, 2.45) is 0 Å². The number of para-hydroxylation sites is 1. The maximum Gasteiger partial charge on any atom is 0.318 e. The van der Waals surface area contributed by atoms with Gasteiger partial charge in [-0.05, 0) is 48.2 Å². The summed E-state index contributed by atoms with van der Waals surface area (Å²) in [6.07, 6.45) is 5.01. The Morgan fingerprint density at radius 1 is 0.850 bits per heavy atom. The van der Waals surface area contributed by atoms with Crippen molar-refractivity contribution in [2.45, 2.75) is 13.0 Å². The van der Waals surface area contributed by atoms with E-state index in [9.17, 15) is 4.79 Å². The first-order valence-electron chi connectivity index (χ1n) is 12.6. The largest absolute Gasteiger partial charge is 0.467 e. The van der Waals surface area contributed by atoms with Gasteiger partial charge in [0, 0.05) is 35.5 Å². The highest BCUT2D eigenvalue weighted by Gasteiger charge is 2.20. The van der Waals surface area contributed by atoms with Crippen molar-refractivity contribution in [3.05, 3.63) is 101 Å². The number of fused-ring (bicyclic) bond motifs is 2. The number of pyridine rings is 2. The first kappa shape index (κ1) is 24.9. The zero-order valence-electron chi connectivity index (χ0n) is 22.1. The predicted molar refractivity (Wildman–Crippen MR) is 153 cm³/mol. The molecule has 0 fully saturated rings. The molecule has 198 valence electrons.